The molecule has 0 radical (unpaired) electrons. The number of aliphatic hydroxyl groups excluding tert-OH is 2. The molecule has 16 nitrogen and oxygen atoms in total. The fourth-order valence-corrected chi connectivity index (χ4v) is 12.2. The SMILES string of the molecule is CC/C=C\C/C=C\C/C=C\C/C=C\C/C=C\C/C=C\CCCCCCCCCCC(=O)OCC(O)COP(=O)(O)OCC(O)COP(=O)(O)OCC(COC(=O)CCCCCCCCCCC/C=C\C/C=C\C/C=C\C/C=C\C/C=C\CC)OC(=O)CCCCCC/C=C\C/C=C\C/C=C\C/C=C\C/C=C\C/C=C\CC. The maximum absolute atomic E-state index is 13.0. The van der Waals surface area contributed by atoms with Gasteiger partial charge < -0.3 is 34.2 Å². The van der Waals surface area contributed by atoms with Gasteiger partial charge in [-0.05, 0) is 167 Å². The van der Waals surface area contributed by atoms with Crippen molar-refractivity contribution >= 4 is 33.6 Å². The van der Waals surface area contributed by atoms with Gasteiger partial charge >= 0.3 is 33.6 Å². The van der Waals surface area contributed by atoms with Gasteiger partial charge in [-0.2, -0.15) is 0 Å². The average molecular weight is 1590 g/mol. The largest absolute Gasteiger partial charge is 0.472 e. The monoisotopic (exact) mass is 1590 g/mol. The van der Waals surface area contributed by atoms with Crippen molar-refractivity contribution in [3.8, 4) is 0 Å². The van der Waals surface area contributed by atoms with Crippen molar-refractivity contribution in [2.45, 2.75) is 322 Å². The molecule has 0 aromatic heterocycles. The van der Waals surface area contributed by atoms with Crippen LogP contribution in [0.4, 0.5) is 0 Å². The van der Waals surface area contributed by atoms with Crippen molar-refractivity contribution in [2.24, 2.45) is 0 Å². The van der Waals surface area contributed by atoms with Gasteiger partial charge in [-0.3, -0.25) is 32.5 Å². The predicted molar refractivity (Wildman–Crippen MR) is 463 cm³/mol. The van der Waals surface area contributed by atoms with Crippen molar-refractivity contribution in [1.82, 2.24) is 0 Å². The highest BCUT2D eigenvalue weighted by Crippen LogP contribution is 2.45. The lowest BCUT2D eigenvalue weighted by molar-refractivity contribution is -0.161. The molecule has 0 aromatic rings. The maximum atomic E-state index is 13.0. The molecule has 0 amide bonds. The summed E-state index contributed by atoms with van der Waals surface area (Å²) in [5, 5.41) is 20.7. The molecule has 0 spiro atoms. The number of phosphoric ester groups is 2. The number of aliphatic hydroxyl groups is 2. The van der Waals surface area contributed by atoms with Gasteiger partial charge in [0, 0.05) is 19.3 Å². The van der Waals surface area contributed by atoms with E-state index in [2.05, 4.69) is 227 Å². The molecular weight excluding hydrogens is 1430 g/mol. The summed E-state index contributed by atoms with van der Waals surface area (Å²) in [4.78, 5) is 58.9. The quantitative estimate of drug-likeness (QED) is 0.0146. The number of ether oxygens (including phenoxy) is 3. The Hall–Kier alpha value is -5.87. The van der Waals surface area contributed by atoms with E-state index in [-0.39, 0.29) is 19.3 Å². The van der Waals surface area contributed by atoms with E-state index in [1.54, 1.807) is 0 Å². The Labute approximate surface area is 673 Å². The van der Waals surface area contributed by atoms with Gasteiger partial charge in [0.2, 0.25) is 0 Å². The van der Waals surface area contributed by atoms with Gasteiger partial charge in [-0.25, -0.2) is 9.13 Å². The number of hydrogen-bond acceptors (Lipinski definition) is 14. The number of esters is 3. The number of unbranched alkanes of at least 4 members (excludes halogenated alkanes) is 21. The van der Waals surface area contributed by atoms with Gasteiger partial charge in [-0.15, -0.1) is 0 Å². The molecule has 111 heavy (non-hydrogen) atoms. The van der Waals surface area contributed by atoms with E-state index in [4.69, 9.17) is 32.3 Å². The van der Waals surface area contributed by atoms with Gasteiger partial charge in [0.15, 0.2) is 6.10 Å². The number of phosphoric acid groups is 2. The molecule has 0 aliphatic rings. The molecule has 628 valence electrons. The molecule has 0 aliphatic heterocycles. The van der Waals surface area contributed by atoms with Crippen LogP contribution in [0.1, 0.15) is 303 Å². The number of rotatable bonds is 78. The lowest BCUT2D eigenvalue weighted by Gasteiger charge is -2.21. The summed E-state index contributed by atoms with van der Waals surface area (Å²) in [5.74, 6) is -1.63. The zero-order valence-corrected chi connectivity index (χ0v) is 70.6. The molecule has 18 heteroatoms. The third-order valence-corrected chi connectivity index (χ3v) is 18.9. The van der Waals surface area contributed by atoms with E-state index in [9.17, 15) is 43.5 Å². The Morgan fingerprint density at radius 2 is 0.450 bits per heavy atom. The van der Waals surface area contributed by atoms with Gasteiger partial charge in [0.1, 0.15) is 25.4 Å². The van der Waals surface area contributed by atoms with Crippen LogP contribution >= 0.6 is 15.6 Å². The third-order valence-electron chi connectivity index (χ3n) is 17.0. The van der Waals surface area contributed by atoms with E-state index in [0.29, 0.717) is 19.3 Å². The van der Waals surface area contributed by atoms with E-state index in [1.165, 1.54) is 44.9 Å². The fourth-order valence-electron chi connectivity index (χ4n) is 10.7. The predicted octanol–water partition coefficient (Wildman–Crippen LogP) is 25.7. The van der Waals surface area contributed by atoms with Gasteiger partial charge in [0.25, 0.3) is 0 Å². The molecule has 0 saturated carbocycles. The number of carbonyl (C=O) groups is 3. The van der Waals surface area contributed by atoms with Crippen LogP contribution in [0.2, 0.25) is 0 Å². The second-order valence-corrected chi connectivity index (χ2v) is 30.4. The lowest BCUT2D eigenvalue weighted by atomic mass is 10.1. The average Bonchev–Trinajstić information content (AvgIpc) is 0.897. The van der Waals surface area contributed by atoms with Crippen LogP contribution in [0.5, 0.6) is 0 Å². The Balaban J connectivity index is 4.74. The van der Waals surface area contributed by atoms with Crippen molar-refractivity contribution < 1.29 is 75.8 Å². The Morgan fingerprint density at radius 1 is 0.252 bits per heavy atom. The first-order valence-electron chi connectivity index (χ1n) is 42.4. The Bertz CT molecular complexity index is 2850. The minimum absolute atomic E-state index is 0.0646. The molecule has 0 heterocycles. The number of hydrogen-bond donors (Lipinski definition) is 4. The number of allylic oxidation sites excluding steroid dienone is 34. The molecule has 0 rings (SSSR count). The molecule has 5 unspecified atom stereocenters. The first-order valence-corrected chi connectivity index (χ1v) is 45.4. The first kappa shape index (κ1) is 105. The molecule has 0 saturated heterocycles. The summed E-state index contributed by atoms with van der Waals surface area (Å²) in [6.45, 7) is 2.28. The zero-order valence-electron chi connectivity index (χ0n) is 68.8. The van der Waals surface area contributed by atoms with Crippen molar-refractivity contribution in [2.75, 3.05) is 39.6 Å². The van der Waals surface area contributed by atoms with Crippen LogP contribution in [0.25, 0.3) is 0 Å². The highest BCUT2D eigenvalue weighted by Gasteiger charge is 2.29. The normalized spacial score (nSPS) is 14.9. The van der Waals surface area contributed by atoms with Crippen molar-refractivity contribution in [3.05, 3.63) is 207 Å². The van der Waals surface area contributed by atoms with Crippen LogP contribution in [-0.4, -0.2) is 95.9 Å². The second-order valence-electron chi connectivity index (χ2n) is 27.5. The molecule has 0 fully saturated rings. The molecule has 5 atom stereocenters. The van der Waals surface area contributed by atoms with Gasteiger partial charge in [-0.1, -0.05) is 324 Å². The van der Waals surface area contributed by atoms with E-state index in [1.807, 2.05) is 0 Å². The molecule has 0 aromatic carbocycles. The molecule has 0 bridgehead atoms. The minimum atomic E-state index is -4.96. The first-order chi connectivity index (χ1) is 54.2. The highest BCUT2D eigenvalue weighted by atomic mass is 31.2. The fraction of sp³-hybridized carbons (Fsp3) is 0.602. The van der Waals surface area contributed by atoms with Gasteiger partial charge in [0.05, 0.1) is 26.4 Å². The topological polar surface area (TPSA) is 231 Å². The smallest absolute Gasteiger partial charge is 0.463 e. The van der Waals surface area contributed by atoms with Crippen molar-refractivity contribution in [1.29, 1.82) is 0 Å². The highest BCUT2D eigenvalue weighted by molar-refractivity contribution is 7.47. The Kier molecular flexibility index (Phi) is 79.1. The number of carbonyl (C=O) groups excluding carboxylic acids is 3. The zero-order chi connectivity index (χ0) is 80.8. The summed E-state index contributed by atoms with van der Waals surface area (Å²) in [6.07, 6.45) is 111. The summed E-state index contributed by atoms with van der Waals surface area (Å²) < 4.78 is 61.3. The van der Waals surface area contributed by atoms with Crippen LogP contribution in [0.15, 0.2) is 207 Å². The molecule has 4 N–H and O–H groups in total. The van der Waals surface area contributed by atoms with Crippen LogP contribution in [0.3, 0.4) is 0 Å². The van der Waals surface area contributed by atoms with Crippen LogP contribution in [-0.2, 0) is 55.8 Å². The van der Waals surface area contributed by atoms with Crippen molar-refractivity contribution in [3.63, 3.8) is 0 Å². The standard InChI is InChI=1S/C93H150O16P2/c1-4-7-10-13-16-19-22-25-28-31-34-37-40-42-43-45-48-49-52-55-58-61-64-67-70-73-76-79-91(96)103-82-88(94)83-105-110(99,100)106-84-89(95)85-107-111(101,102)108-87-90(109-93(98)81-78-75-72-69-66-63-60-57-54-51-46-39-36-33-30-27-24-21-18-15-12-9-6-3)86-104-92(97)80-77-74-71-68-65-62-59-56-53-50-47-44-41-38-35-32-29-26-23-20-17-14-11-8-5-2/h7-12,16-21,25-30,34-39,42-44,47-49,51,54,60,63,88-90,94-95H,4-6,13-15,22-24,31-33,40-41,45-46,50,52-53,55-59,61-62,64-87H2,1-3H3,(H,99,100)(H,101,102)/b10-7-,11-8-,12-9-,19-16-,20-17-,21-18-,28-25-,29-26-,30-27-,37-34-,38-35-,39-36-,43-42-,47-44-,49-48-,54-51-,63-60-. The summed E-state index contributed by atoms with van der Waals surface area (Å²) in [5.41, 5.74) is 0. The minimum Gasteiger partial charge on any atom is -0.463 e. The van der Waals surface area contributed by atoms with E-state index in [0.717, 1.165) is 199 Å². The van der Waals surface area contributed by atoms with E-state index < -0.39 is 91.5 Å². The molecular formula is C93H150O16P2. The maximum Gasteiger partial charge on any atom is 0.472 e. The Morgan fingerprint density at radius 3 is 0.712 bits per heavy atom. The lowest BCUT2D eigenvalue weighted by Crippen LogP contribution is -2.30. The van der Waals surface area contributed by atoms with Crippen LogP contribution < -0.4 is 0 Å². The van der Waals surface area contributed by atoms with Crippen LogP contribution in [0, 0.1) is 0 Å². The summed E-state index contributed by atoms with van der Waals surface area (Å²) in [6, 6.07) is 0. The second kappa shape index (κ2) is 83.6. The van der Waals surface area contributed by atoms with E-state index >= 15 is 0 Å². The molecule has 0 aliphatic carbocycles. The summed E-state index contributed by atoms with van der Waals surface area (Å²) >= 11 is 0. The summed E-state index contributed by atoms with van der Waals surface area (Å²) in [7, 11) is -9.83. The third kappa shape index (κ3) is 84.9.